The molecule has 0 radical (unpaired) electrons. The largest absolute Gasteiger partial charge is 0.335 e. The Bertz CT molecular complexity index is 534. The van der Waals surface area contributed by atoms with Gasteiger partial charge in [-0.25, -0.2) is 0 Å². The number of likely N-dealkylation sites (N-methyl/N-ethyl adjacent to an activating group) is 1. The Morgan fingerprint density at radius 2 is 1.80 bits per heavy atom. The first-order chi connectivity index (χ1) is 9.28. The average molecular weight is 275 g/mol. The lowest BCUT2D eigenvalue weighted by Crippen LogP contribution is -2.52. The highest BCUT2D eigenvalue weighted by Gasteiger charge is 2.30. The van der Waals surface area contributed by atoms with Crippen molar-refractivity contribution in [2.75, 3.05) is 25.0 Å². The molecule has 1 fully saturated rings. The summed E-state index contributed by atoms with van der Waals surface area (Å²) in [6.07, 6.45) is 0.650. The molecule has 5 nitrogen and oxygen atoms in total. The van der Waals surface area contributed by atoms with Gasteiger partial charge in [-0.3, -0.25) is 9.59 Å². The summed E-state index contributed by atoms with van der Waals surface area (Å²) in [6, 6.07) is 7.63. The molecule has 5 heteroatoms. The van der Waals surface area contributed by atoms with Gasteiger partial charge in [0.1, 0.15) is 6.54 Å². The van der Waals surface area contributed by atoms with Crippen LogP contribution in [0, 0.1) is 0 Å². The van der Waals surface area contributed by atoms with Crippen LogP contribution in [-0.2, 0) is 16.0 Å². The lowest BCUT2D eigenvalue weighted by Gasteiger charge is -2.33. The van der Waals surface area contributed by atoms with Gasteiger partial charge >= 0.3 is 0 Å². The molecule has 1 saturated heterocycles. The predicted molar refractivity (Wildman–Crippen MR) is 78.4 cm³/mol. The third-order valence-corrected chi connectivity index (χ3v) is 3.32. The number of hydrogen-bond donors (Lipinski definition) is 1. The van der Waals surface area contributed by atoms with Gasteiger partial charge in [-0.1, -0.05) is 18.2 Å². The molecule has 2 rings (SSSR count). The van der Waals surface area contributed by atoms with Gasteiger partial charge < -0.3 is 15.5 Å². The molecule has 1 aromatic rings. The molecule has 108 valence electrons. The van der Waals surface area contributed by atoms with Crippen molar-refractivity contribution in [2.24, 2.45) is 5.73 Å². The Balaban J connectivity index is 2.33. The number of nitrogens with two attached hydrogens (primary N) is 1. The first-order valence-electron chi connectivity index (χ1n) is 6.69. The molecule has 0 spiro atoms. The smallest absolute Gasteiger partial charge is 0.247 e. The summed E-state index contributed by atoms with van der Waals surface area (Å²) in [5.41, 5.74) is 7.49. The van der Waals surface area contributed by atoms with Crippen molar-refractivity contribution < 1.29 is 9.59 Å². The molecule has 1 aliphatic rings. The minimum absolute atomic E-state index is 0.0496. The zero-order valence-corrected chi connectivity index (χ0v) is 12.2. The minimum Gasteiger partial charge on any atom is -0.335 e. The molecule has 2 amide bonds. The van der Waals surface area contributed by atoms with E-state index in [1.807, 2.05) is 38.1 Å². The summed E-state index contributed by atoms with van der Waals surface area (Å²) < 4.78 is 0. The Hall–Kier alpha value is -1.88. The maximum atomic E-state index is 12.2. The fourth-order valence-electron chi connectivity index (χ4n) is 2.35. The lowest BCUT2D eigenvalue weighted by atomic mass is 9.94. The van der Waals surface area contributed by atoms with Crippen LogP contribution in [0.25, 0.3) is 0 Å². The number of amides is 2. The van der Waals surface area contributed by atoms with E-state index in [0.29, 0.717) is 6.42 Å². The van der Waals surface area contributed by atoms with E-state index in [1.165, 1.54) is 4.90 Å². The van der Waals surface area contributed by atoms with E-state index in [2.05, 4.69) is 0 Å². The highest BCUT2D eigenvalue weighted by atomic mass is 16.2. The average Bonchev–Trinajstić information content (AvgIpc) is 2.33. The third kappa shape index (κ3) is 3.17. The van der Waals surface area contributed by atoms with Gasteiger partial charge in [-0.15, -0.1) is 0 Å². The maximum absolute atomic E-state index is 12.2. The van der Waals surface area contributed by atoms with Crippen LogP contribution in [0.5, 0.6) is 0 Å². The molecule has 1 aromatic carbocycles. The minimum atomic E-state index is -0.365. The van der Waals surface area contributed by atoms with Gasteiger partial charge in [0.15, 0.2) is 0 Å². The SMILES string of the molecule is CN1CC(=O)N(c2ccccc2CC(C)(C)N)CC1=O. The van der Waals surface area contributed by atoms with Crippen molar-refractivity contribution in [3.8, 4) is 0 Å². The normalized spacial score (nSPS) is 16.8. The molecule has 0 atom stereocenters. The summed E-state index contributed by atoms with van der Waals surface area (Å²) in [7, 11) is 1.65. The zero-order chi connectivity index (χ0) is 14.9. The van der Waals surface area contributed by atoms with Gasteiger partial charge in [-0.2, -0.15) is 0 Å². The third-order valence-electron chi connectivity index (χ3n) is 3.32. The van der Waals surface area contributed by atoms with E-state index in [4.69, 9.17) is 5.73 Å². The molecule has 20 heavy (non-hydrogen) atoms. The highest BCUT2D eigenvalue weighted by Crippen LogP contribution is 2.25. The number of rotatable bonds is 3. The van der Waals surface area contributed by atoms with Crippen LogP contribution in [0.4, 0.5) is 5.69 Å². The van der Waals surface area contributed by atoms with E-state index >= 15 is 0 Å². The van der Waals surface area contributed by atoms with Crippen molar-refractivity contribution in [1.29, 1.82) is 0 Å². The molecule has 1 heterocycles. The Labute approximate surface area is 119 Å². The molecule has 0 aromatic heterocycles. The Morgan fingerprint density at radius 3 is 2.45 bits per heavy atom. The fraction of sp³-hybridized carbons (Fsp3) is 0.467. The number of benzene rings is 1. The first-order valence-corrected chi connectivity index (χ1v) is 6.69. The molecule has 0 saturated carbocycles. The van der Waals surface area contributed by atoms with E-state index < -0.39 is 0 Å². The number of anilines is 1. The number of nitrogens with zero attached hydrogens (tertiary/aromatic N) is 2. The summed E-state index contributed by atoms with van der Waals surface area (Å²) in [4.78, 5) is 27.0. The molecule has 0 aliphatic carbocycles. The topological polar surface area (TPSA) is 66.6 Å². The highest BCUT2D eigenvalue weighted by molar-refractivity contribution is 6.04. The van der Waals surface area contributed by atoms with E-state index in [1.54, 1.807) is 11.9 Å². The van der Waals surface area contributed by atoms with Gasteiger partial charge in [0.2, 0.25) is 11.8 Å². The van der Waals surface area contributed by atoms with Crippen molar-refractivity contribution in [2.45, 2.75) is 25.8 Å². The second kappa shape index (κ2) is 5.25. The van der Waals surface area contributed by atoms with E-state index in [0.717, 1.165) is 11.3 Å². The lowest BCUT2D eigenvalue weighted by molar-refractivity contribution is -0.136. The molecule has 0 bridgehead atoms. The Morgan fingerprint density at radius 1 is 1.15 bits per heavy atom. The Kier molecular flexibility index (Phi) is 3.81. The number of hydrogen-bond acceptors (Lipinski definition) is 3. The monoisotopic (exact) mass is 275 g/mol. The molecule has 2 N–H and O–H groups in total. The first kappa shape index (κ1) is 14.5. The molecular weight excluding hydrogens is 254 g/mol. The van der Waals surface area contributed by atoms with Crippen LogP contribution in [0.3, 0.4) is 0 Å². The predicted octanol–water partition coefficient (Wildman–Crippen LogP) is 0.771. The van der Waals surface area contributed by atoms with Crippen molar-refractivity contribution in [3.05, 3.63) is 29.8 Å². The number of piperazine rings is 1. The van der Waals surface area contributed by atoms with Crippen LogP contribution < -0.4 is 10.6 Å². The number of carbonyl (C=O) groups is 2. The van der Waals surface area contributed by atoms with Crippen LogP contribution in [0.2, 0.25) is 0 Å². The van der Waals surface area contributed by atoms with E-state index in [9.17, 15) is 9.59 Å². The van der Waals surface area contributed by atoms with Crippen LogP contribution in [0.1, 0.15) is 19.4 Å². The van der Waals surface area contributed by atoms with Crippen molar-refractivity contribution in [3.63, 3.8) is 0 Å². The molecule has 0 unspecified atom stereocenters. The van der Waals surface area contributed by atoms with Gasteiger partial charge in [0.25, 0.3) is 0 Å². The second-order valence-electron chi connectivity index (χ2n) is 6.02. The number of carbonyl (C=O) groups excluding carboxylic acids is 2. The van der Waals surface area contributed by atoms with Crippen LogP contribution in [0.15, 0.2) is 24.3 Å². The number of para-hydroxylation sites is 1. The van der Waals surface area contributed by atoms with Crippen molar-refractivity contribution >= 4 is 17.5 Å². The summed E-state index contributed by atoms with van der Waals surface area (Å²) in [5.74, 6) is -0.110. The zero-order valence-electron chi connectivity index (χ0n) is 12.2. The van der Waals surface area contributed by atoms with Crippen LogP contribution >= 0.6 is 0 Å². The maximum Gasteiger partial charge on any atom is 0.247 e. The summed E-state index contributed by atoms with van der Waals surface area (Å²) in [5, 5.41) is 0. The molecule has 1 aliphatic heterocycles. The standard InChI is InChI=1S/C15H21N3O2/c1-15(2,16)8-11-6-4-5-7-12(11)18-10-13(19)17(3)9-14(18)20/h4-7H,8-10,16H2,1-3H3. The quantitative estimate of drug-likeness (QED) is 0.886. The van der Waals surface area contributed by atoms with E-state index in [-0.39, 0.29) is 30.4 Å². The van der Waals surface area contributed by atoms with Gasteiger partial charge in [0.05, 0.1) is 6.54 Å². The van der Waals surface area contributed by atoms with Gasteiger partial charge in [0, 0.05) is 18.3 Å². The van der Waals surface area contributed by atoms with Crippen LogP contribution in [-0.4, -0.2) is 42.4 Å². The molecular formula is C15H21N3O2. The summed E-state index contributed by atoms with van der Waals surface area (Å²) >= 11 is 0. The fourth-order valence-corrected chi connectivity index (χ4v) is 2.35. The van der Waals surface area contributed by atoms with Crippen molar-refractivity contribution in [1.82, 2.24) is 4.90 Å². The summed E-state index contributed by atoms with van der Waals surface area (Å²) in [6.45, 7) is 4.11. The second-order valence-corrected chi connectivity index (χ2v) is 6.02. The van der Waals surface area contributed by atoms with Gasteiger partial charge in [-0.05, 0) is 31.9 Å².